The highest BCUT2D eigenvalue weighted by molar-refractivity contribution is 8.03. The first-order valence-corrected chi connectivity index (χ1v) is 4.51. The Hall–Kier alpha value is 0.0500. The molecule has 0 saturated carbocycles. The van der Waals surface area contributed by atoms with Gasteiger partial charge in [0.1, 0.15) is 0 Å². The van der Waals surface area contributed by atoms with E-state index < -0.39 is 0 Å². The largest absolute Gasteiger partial charge is 0.327 e. The first-order valence-electron chi connectivity index (χ1n) is 3.63. The highest BCUT2D eigenvalue weighted by atomic mass is 32.2. The Morgan fingerprint density at radius 1 is 1.50 bits per heavy atom. The molecule has 0 rings (SSSR count). The third-order valence-electron chi connectivity index (χ3n) is 1.52. The second-order valence-corrected chi connectivity index (χ2v) is 4.20. The summed E-state index contributed by atoms with van der Waals surface area (Å²) in [6, 6.07) is 0.278. The fraction of sp³-hybridized carbons (Fsp3) is 0.750. The van der Waals surface area contributed by atoms with E-state index in [2.05, 4.69) is 26.8 Å². The molecule has 0 aromatic rings. The molecule has 0 spiro atoms. The molecular weight excluding hydrogens is 142 g/mol. The Kier molecular flexibility index (Phi) is 4.83. The van der Waals surface area contributed by atoms with E-state index in [9.17, 15) is 0 Å². The van der Waals surface area contributed by atoms with E-state index in [1.165, 1.54) is 4.91 Å². The molecule has 60 valence electrons. The van der Waals surface area contributed by atoms with E-state index in [-0.39, 0.29) is 6.04 Å². The monoisotopic (exact) mass is 159 g/mol. The molecule has 0 heterocycles. The average Bonchev–Trinajstić information content (AvgIpc) is 1.87. The topological polar surface area (TPSA) is 26.0 Å². The molecule has 0 bridgehead atoms. The minimum atomic E-state index is 0.278. The lowest BCUT2D eigenvalue weighted by atomic mass is 10.3. The van der Waals surface area contributed by atoms with Gasteiger partial charge in [0.15, 0.2) is 0 Å². The molecule has 0 amide bonds. The quantitative estimate of drug-likeness (QED) is 0.684. The van der Waals surface area contributed by atoms with E-state index in [1.54, 1.807) is 0 Å². The van der Waals surface area contributed by atoms with Crippen LogP contribution in [-0.2, 0) is 0 Å². The summed E-state index contributed by atoms with van der Waals surface area (Å²) in [6.45, 7) is 8.36. The number of thioether (sulfide) groups is 1. The van der Waals surface area contributed by atoms with Crippen LogP contribution >= 0.6 is 11.8 Å². The van der Waals surface area contributed by atoms with Gasteiger partial charge in [0, 0.05) is 11.3 Å². The van der Waals surface area contributed by atoms with Crippen LogP contribution in [0.5, 0.6) is 0 Å². The summed E-state index contributed by atoms with van der Waals surface area (Å²) < 4.78 is 0. The van der Waals surface area contributed by atoms with Gasteiger partial charge in [0.2, 0.25) is 0 Å². The van der Waals surface area contributed by atoms with Crippen LogP contribution in [0.1, 0.15) is 27.7 Å². The van der Waals surface area contributed by atoms with Crippen LogP contribution in [0.4, 0.5) is 0 Å². The van der Waals surface area contributed by atoms with E-state index >= 15 is 0 Å². The zero-order valence-electron chi connectivity index (χ0n) is 7.22. The fourth-order valence-corrected chi connectivity index (χ4v) is 1.41. The molecule has 2 N–H and O–H groups in total. The minimum Gasteiger partial charge on any atom is -0.327 e. The Bertz CT molecular complexity index is 118. The number of rotatable bonds is 3. The molecule has 0 aliphatic rings. The maximum atomic E-state index is 5.69. The predicted octanol–water partition coefficient (Wildman–Crippen LogP) is 2.38. The lowest BCUT2D eigenvalue weighted by Crippen LogP contribution is -2.26. The summed E-state index contributed by atoms with van der Waals surface area (Å²) in [6.07, 6.45) is 2.11. The van der Waals surface area contributed by atoms with Crippen molar-refractivity contribution in [3.05, 3.63) is 11.0 Å². The van der Waals surface area contributed by atoms with Crippen LogP contribution in [-0.4, -0.2) is 11.3 Å². The van der Waals surface area contributed by atoms with Crippen molar-refractivity contribution in [3.63, 3.8) is 0 Å². The standard InChI is InChI=1S/C8H17NS/c1-5-6(2)10-8(4)7(3)9/h5,7-8H,9H2,1-4H3/b6-5-. The number of hydrogen-bond acceptors (Lipinski definition) is 2. The van der Waals surface area contributed by atoms with Gasteiger partial charge in [0.25, 0.3) is 0 Å². The van der Waals surface area contributed by atoms with Crippen LogP contribution in [0.3, 0.4) is 0 Å². The Labute approximate surface area is 68.1 Å². The zero-order valence-corrected chi connectivity index (χ0v) is 8.03. The van der Waals surface area contributed by atoms with Gasteiger partial charge >= 0.3 is 0 Å². The van der Waals surface area contributed by atoms with Gasteiger partial charge in [-0.25, -0.2) is 0 Å². The van der Waals surface area contributed by atoms with Crippen LogP contribution in [0.25, 0.3) is 0 Å². The van der Waals surface area contributed by atoms with Crippen LogP contribution in [0.15, 0.2) is 11.0 Å². The molecule has 0 saturated heterocycles. The molecule has 0 aromatic heterocycles. The smallest absolute Gasteiger partial charge is 0.0211 e. The molecule has 0 aliphatic heterocycles. The summed E-state index contributed by atoms with van der Waals surface area (Å²) in [7, 11) is 0. The van der Waals surface area contributed by atoms with Crippen molar-refractivity contribution < 1.29 is 0 Å². The SMILES string of the molecule is C/C=C(/C)SC(C)C(C)N. The number of nitrogens with two attached hydrogens (primary N) is 1. The van der Waals surface area contributed by atoms with Crippen molar-refractivity contribution in [1.29, 1.82) is 0 Å². The fourth-order valence-electron chi connectivity index (χ4n) is 0.469. The highest BCUT2D eigenvalue weighted by Crippen LogP contribution is 2.21. The van der Waals surface area contributed by atoms with Crippen molar-refractivity contribution in [2.45, 2.75) is 39.0 Å². The zero-order chi connectivity index (χ0) is 8.15. The molecule has 2 atom stereocenters. The molecule has 0 aromatic carbocycles. The minimum absolute atomic E-state index is 0.278. The van der Waals surface area contributed by atoms with Gasteiger partial charge in [-0.2, -0.15) is 0 Å². The van der Waals surface area contributed by atoms with E-state index in [1.807, 2.05) is 18.7 Å². The normalized spacial score (nSPS) is 18.7. The van der Waals surface area contributed by atoms with Crippen molar-refractivity contribution in [3.8, 4) is 0 Å². The molecule has 2 unspecified atom stereocenters. The molecule has 2 heteroatoms. The van der Waals surface area contributed by atoms with Gasteiger partial charge in [-0.3, -0.25) is 0 Å². The second-order valence-electron chi connectivity index (χ2n) is 2.58. The summed E-state index contributed by atoms with van der Waals surface area (Å²) >= 11 is 1.84. The van der Waals surface area contributed by atoms with Crippen molar-refractivity contribution in [2.75, 3.05) is 0 Å². The van der Waals surface area contributed by atoms with Gasteiger partial charge in [-0.05, 0) is 25.7 Å². The van der Waals surface area contributed by atoms with Crippen LogP contribution in [0, 0.1) is 0 Å². The Morgan fingerprint density at radius 3 is 2.30 bits per heavy atom. The van der Waals surface area contributed by atoms with Crippen molar-refractivity contribution >= 4 is 11.8 Å². The molecule has 0 fully saturated rings. The van der Waals surface area contributed by atoms with E-state index in [4.69, 9.17) is 5.73 Å². The second kappa shape index (κ2) is 4.80. The maximum Gasteiger partial charge on any atom is 0.0211 e. The molecule has 0 radical (unpaired) electrons. The third kappa shape index (κ3) is 3.96. The molecule has 10 heavy (non-hydrogen) atoms. The Balaban J connectivity index is 3.68. The predicted molar refractivity (Wildman–Crippen MR) is 50.1 cm³/mol. The Morgan fingerprint density at radius 2 is 2.00 bits per heavy atom. The van der Waals surface area contributed by atoms with Crippen molar-refractivity contribution in [1.82, 2.24) is 0 Å². The molecule has 1 nitrogen and oxygen atoms in total. The van der Waals surface area contributed by atoms with Crippen LogP contribution in [0.2, 0.25) is 0 Å². The summed E-state index contributed by atoms with van der Waals surface area (Å²) in [5, 5.41) is 0.524. The average molecular weight is 159 g/mol. The number of allylic oxidation sites excluding steroid dienone is 2. The maximum absolute atomic E-state index is 5.69. The lowest BCUT2D eigenvalue weighted by molar-refractivity contribution is 0.732. The molecular formula is C8H17NS. The van der Waals surface area contributed by atoms with E-state index in [0.29, 0.717) is 5.25 Å². The summed E-state index contributed by atoms with van der Waals surface area (Å²) in [5.41, 5.74) is 5.69. The van der Waals surface area contributed by atoms with Crippen molar-refractivity contribution in [2.24, 2.45) is 5.73 Å². The van der Waals surface area contributed by atoms with E-state index in [0.717, 1.165) is 0 Å². The molecule has 0 aliphatic carbocycles. The van der Waals surface area contributed by atoms with Gasteiger partial charge in [-0.1, -0.05) is 13.0 Å². The summed E-state index contributed by atoms with van der Waals surface area (Å²) in [4.78, 5) is 1.35. The lowest BCUT2D eigenvalue weighted by Gasteiger charge is -2.14. The van der Waals surface area contributed by atoms with Crippen LogP contribution < -0.4 is 5.73 Å². The third-order valence-corrected chi connectivity index (χ3v) is 2.93. The first-order chi connectivity index (χ1) is 4.57. The van der Waals surface area contributed by atoms with Gasteiger partial charge in [-0.15, -0.1) is 11.8 Å². The summed E-state index contributed by atoms with van der Waals surface area (Å²) in [5.74, 6) is 0. The van der Waals surface area contributed by atoms with Gasteiger partial charge in [0.05, 0.1) is 0 Å². The van der Waals surface area contributed by atoms with Gasteiger partial charge < -0.3 is 5.73 Å². The highest BCUT2D eigenvalue weighted by Gasteiger charge is 2.07. The first kappa shape index (κ1) is 10.0. The number of hydrogen-bond donors (Lipinski definition) is 1.